The van der Waals surface area contributed by atoms with Gasteiger partial charge < -0.3 is 0 Å². The molecule has 0 N–H and O–H groups in total. The fraction of sp³-hybridized carbons (Fsp3) is 0.355. The molecule has 33 heavy (non-hydrogen) atoms. The molecule has 3 aromatic rings. The Bertz CT molecular complexity index is 995. The zero-order valence-corrected chi connectivity index (χ0v) is 19.3. The van der Waals surface area contributed by atoms with Gasteiger partial charge in [-0.25, -0.2) is 8.78 Å². The number of rotatable bonds is 10. The van der Waals surface area contributed by atoms with E-state index in [0.717, 1.165) is 49.7 Å². The van der Waals surface area contributed by atoms with Gasteiger partial charge in [-0.2, -0.15) is 0 Å². The van der Waals surface area contributed by atoms with Crippen molar-refractivity contribution in [2.75, 3.05) is 0 Å². The molecule has 3 aromatic carbocycles. The van der Waals surface area contributed by atoms with Gasteiger partial charge in [-0.05, 0) is 67.6 Å². The first-order chi connectivity index (χ1) is 16.2. The van der Waals surface area contributed by atoms with Crippen LogP contribution in [0.4, 0.5) is 8.78 Å². The Balaban J connectivity index is 1.44. The lowest BCUT2D eigenvalue weighted by molar-refractivity contribution is 0.253. The maximum absolute atomic E-state index is 15.1. The maximum Gasteiger partial charge on any atom is 0.129 e. The molecule has 0 saturated carbocycles. The van der Waals surface area contributed by atoms with Crippen LogP contribution in [0, 0.1) is 5.92 Å². The molecule has 172 valence electrons. The fourth-order valence-electron chi connectivity index (χ4n) is 5.11. The third kappa shape index (κ3) is 6.87. The van der Waals surface area contributed by atoms with Gasteiger partial charge in [-0.1, -0.05) is 102 Å². The van der Waals surface area contributed by atoms with Crippen LogP contribution < -0.4 is 0 Å². The highest BCUT2D eigenvalue weighted by atomic mass is 19.1. The monoisotopic (exact) mass is 444 g/mol. The molecule has 0 heterocycles. The number of alkyl halides is 2. The summed E-state index contributed by atoms with van der Waals surface area (Å²) >= 11 is 0. The van der Waals surface area contributed by atoms with Crippen LogP contribution in [0.5, 0.6) is 0 Å². The number of halogens is 2. The SMILES string of the molecule is FC(CC1=C(CCCc2ccccc2)CC(CC(F)c2ccccc2)CC1)c1ccccc1. The lowest BCUT2D eigenvalue weighted by Crippen LogP contribution is -2.14. The van der Waals surface area contributed by atoms with Gasteiger partial charge in [0.25, 0.3) is 0 Å². The molecule has 0 aliphatic heterocycles. The molecular formula is C31H34F2. The van der Waals surface area contributed by atoms with Gasteiger partial charge in [-0.3, -0.25) is 0 Å². The highest BCUT2D eigenvalue weighted by Gasteiger charge is 2.26. The second-order valence-electron chi connectivity index (χ2n) is 9.35. The van der Waals surface area contributed by atoms with E-state index in [1.807, 2.05) is 66.7 Å². The Hall–Kier alpha value is -2.74. The van der Waals surface area contributed by atoms with Crippen molar-refractivity contribution in [3.8, 4) is 0 Å². The number of aryl methyl sites for hydroxylation is 1. The topological polar surface area (TPSA) is 0 Å². The van der Waals surface area contributed by atoms with Crippen LogP contribution in [0.3, 0.4) is 0 Å². The van der Waals surface area contributed by atoms with Crippen LogP contribution in [-0.2, 0) is 6.42 Å². The van der Waals surface area contributed by atoms with Gasteiger partial charge in [0, 0.05) is 6.42 Å². The third-order valence-electron chi connectivity index (χ3n) is 6.96. The molecule has 0 nitrogen and oxygen atoms in total. The van der Waals surface area contributed by atoms with Gasteiger partial charge in [0.15, 0.2) is 0 Å². The predicted molar refractivity (Wildman–Crippen MR) is 134 cm³/mol. The molecule has 3 unspecified atom stereocenters. The van der Waals surface area contributed by atoms with Gasteiger partial charge >= 0.3 is 0 Å². The highest BCUT2D eigenvalue weighted by Crippen LogP contribution is 2.41. The quantitative estimate of drug-likeness (QED) is 0.273. The number of hydrogen-bond donors (Lipinski definition) is 0. The van der Waals surface area contributed by atoms with Crippen molar-refractivity contribution in [1.82, 2.24) is 0 Å². The highest BCUT2D eigenvalue weighted by molar-refractivity contribution is 5.25. The Morgan fingerprint density at radius 3 is 1.88 bits per heavy atom. The molecule has 0 fully saturated rings. The maximum atomic E-state index is 15.1. The van der Waals surface area contributed by atoms with Crippen LogP contribution in [0.2, 0.25) is 0 Å². The van der Waals surface area contributed by atoms with Gasteiger partial charge in [0.1, 0.15) is 12.3 Å². The lowest BCUT2D eigenvalue weighted by atomic mass is 9.77. The smallest absolute Gasteiger partial charge is 0.129 e. The minimum atomic E-state index is -0.972. The van der Waals surface area contributed by atoms with Crippen LogP contribution in [0.15, 0.2) is 102 Å². The summed E-state index contributed by atoms with van der Waals surface area (Å²) in [6, 6.07) is 29.5. The van der Waals surface area contributed by atoms with E-state index in [-0.39, 0.29) is 0 Å². The van der Waals surface area contributed by atoms with E-state index < -0.39 is 12.3 Å². The van der Waals surface area contributed by atoms with Crippen LogP contribution in [0.1, 0.15) is 74.0 Å². The van der Waals surface area contributed by atoms with E-state index in [0.29, 0.717) is 18.8 Å². The molecule has 1 aliphatic carbocycles. The van der Waals surface area contributed by atoms with E-state index >= 15 is 4.39 Å². The molecule has 4 rings (SSSR count). The Morgan fingerprint density at radius 1 is 0.667 bits per heavy atom. The molecule has 0 spiro atoms. The molecular weight excluding hydrogens is 410 g/mol. The predicted octanol–water partition coefficient (Wildman–Crippen LogP) is 9.31. The van der Waals surface area contributed by atoms with Crippen LogP contribution in [-0.4, -0.2) is 0 Å². The Morgan fingerprint density at radius 2 is 1.24 bits per heavy atom. The van der Waals surface area contributed by atoms with Crippen molar-refractivity contribution < 1.29 is 8.78 Å². The van der Waals surface area contributed by atoms with E-state index in [2.05, 4.69) is 24.3 Å². The summed E-state index contributed by atoms with van der Waals surface area (Å²) in [6.45, 7) is 0. The van der Waals surface area contributed by atoms with E-state index in [9.17, 15) is 4.39 Å². The van der Waals surface area contributed by atoms with Crippen molar-refractivity contribution in [3.05, 3.63) is 119 Å². The molecule has 2 heteroatoms. The molecule has 0 radical (unpaired) electrons. The van der Waals surface area contributed by atoms with Crippen molar-refractivity contribution in [1.29, 1.82) is 0 Å². The molecule has 3 atom stereocenters. The van der Waals surface area contributed by atoms with Crippen molar-refractivity contribution in [3.63, 3.8) is 0 Å². The fourth-order valence-corrected chi connectivity index (χ4v) is 5.11. The van der Waals surface area contributed by atoms with Crippen LogP contribution >= 0.6 is 0 Å². The summed E-state index contributed by atoms with van der Waals surface area (Å²) in [4.78, 5) is 0. The largest absolute Gasteiger partial charge is 0.242 e. The third-order valence-corrected chi connectivity index (χ3v) is 6.96. The first-order valence-corrected chi connectivity index (χ1v) is 12.3. The molecule has 0 amide bonds. The summed E-state index contributed by atoms with van der Waals surface area (Å²) in [7, 11) is 0. The normalized spacial score (nSPS) is 18.2. The lowest BCUT2D eigenvalue weighted by Gasteiger charge is -2.29. The minimum absolute atomic E-state index is 0.325. The van der Waals surface area contributed by atoms with Gasteiger partial charge in [-0.15, -0.1) is 0 Å². The van der Waals surface area contributed by atoms with E-state index in [4.69, 9.17) is 0 Å². The average Bonchev–Trinajstić information content (AvgIpc) is 2.87. The van der Waals surface area contributed by atoms with Crippen molar-refractivity contribution in [2.45, 2.75) is 63.7 Å². The van der Waals surface area contributed by atoms with E-state index in [1.165, 1.54) is 16.7 Å². The minimum Gasteiger partial charge on any atom is -0.242 e. The zero-order valence-electron chi connectivity index (χ0n) is 19.3. The van der Waals surface area contributed by atoms with E-state index in [1.54, 1.807) is 0 Å². The number of hydrogen-bond acceptors (Lipinski definition) is 0. The summed E-state index contributed by atoms with van der Waals surface area (Å²) in [5, 5.41) is 0. The molecule has 1 aliphatic rings. The first kappa shape index (κ1) is 23.4. The number of allylic oxidation sites excluding steroid dienone is 2. The summed E-state index contributed by atoms with van der Waals surface area (Å²) in [5.41, 5.74) is 5.51. The molecule has 0 saturated heterocycles. The summed E-state index contributed by atoms with van der Waals surface area (Å²) in [5.74, 6) is 0.325. The van der Waals surface area contributed by atoms with Crippen molar-refractivity contribution >= 4 is 0 Å². The molecule has 0 aromatic heterocycles. The first-order valence-electron chi connectivity index (χ1n) is 12.3. The standard InChI is InChI=1S/C31H34F2/c32-30(26-14-6-2-7-15-26)22-25-19-20-29(23-31(33)27-16-8-3-9-17-27)28(21-25)18-10-13-24-11-4-1-5-12-24/h1-9,11-12,14-17,25,30-31H,10,13,18-23H2. The molecule has 0 bridgehead atoms. The van der Waals surface area contributed by atoms with Gasteiger partial charge in [0.05, 0.1) is 0 Å². The van der Waals surface area contributed by atoms with Crippen LogP contribution in [0.25, 0.3) is 0 Å². The summed E-state index contributed by atoms with van der Waals surface area (Å²) in [6.07, 6.45) is 4.91. The second-order valence-corrected chi connectivity index (χ2v) is 9.35. The second kappa shape index (κ2) is 11.9. The number of benzene rings is 3. The Labute approximate surface area is 197 Å². The average molecular weight is 445 g/mol. The van der Waals surface area contributed by atoms with Gasteiger partial charge in [0.2, 0.25) is 0 Å². The zero-order chi connectivity index (χ0) is 22.9. The Kier molecular flexibility index (Phi) is 8.47. The van der Waals surface area contributed by atoms with Crippen molar-refractivity contribution in [2.24, 2.45) is 5.92 Å². The summed E-state index contributed by atoms with van der Waals surface area (Å²) < 4.78 is 30.1.